The Bertz CT molecular complexity index is 97.1. The van der Waals surface area contributed by atoms with Crippen LogP contribution in [0.25, 0.3) is 0 Å². The molecule has 1 rings (SSSR count). The number of carbonyl (C=O) groups is 1. The maximum atomic E-state index is 10.4. The standard InChI is InChI=1S/C5H10N2O.ClH/c6-4-1-2-5(8)7-3-4;/h4H,1-3,6H2,(H,7,8);1H/t4-;/m0./s1. The summed E-state index contributed by atoms with van der Waals surface area (Å²) in [6, 6.07) is 0.188. The van der Waals surface area contributed by atoms with Crippen molar-refractivity contribution in [1.29, 1.82) is 0 Å². The van der Waals surface area contributed by atoms with Gasteiger partial charge in [-0.05, 0) is 6.42 Å². The molecule has 0 spiro atoms. The lowest BCUT2D eigenvalue weighted by Crippen LogP contribution is -2.42. The highest BCUT2D eigenvalue weighted by Gasteiger charge is 2.12. The number of carbonyl (C=O) groups excluding carboxylic acids is 1. The second-order valence-corrected chi connectivity index (χ2v) is 2.10. The van der Waals surface area contributed by atoms with Gasteiger partial charge in [0.25, 0.3) is 0 Å². The Labute approximate surface area is 60.4 Å². The summed E-state index contributed by atoms with van der Waals surface area (Å²) in [4.78, 5) is 10.4. The normalized spacial score (nSPS) is 26.3. The molecule has 9 heavy (non-hydrogen) atoms. The van der Waals surface area contributed by atoms with Crippen molar-refractivity contribution in [3.05, 3.63) is 0 Å². The summed E-state index contributed by atoms with van der Waals surface area (Å²) >= 11 is 0. The summed E-state index contributed by atoms with van der Waals surface area (Å²) in [7, 11) is 0. The first-order valence-corrected chi connectivity index (χ1v) is 2.81. The summed E-state index contributed by atoms with van der Waals surface area (Å²) in [5.74, 6) is 0.131. The van der Waals surface area contributed by atoms with E-state index in [2.05, 4.69) is 5.32 Å². The topological polar surface area (TPSA) is 55.1 Å². The Balaban J connectivity index is 0.000000640. The van der Waals surface area contributed by atoms with E-state index < -0.39 is 0 Å². The molecule has 1 heterocycles. The van der Waals surface area contributed by atoms with Gasteiger partial charge < -0.3 is 11.1 Å². The minimum atomic E-state index is 0. The zero-order valence-electron chi connectivity index (χ0n) is 5.09. The summed E-state index contributed by atoms with van der Waals surface area (Å²) in [5, 5.41) is 2.67. The number of piperidine rings is 1. The van der Waals surface area contributed by atoms with Crippen molar-refractivity contribution in [3.63, 3.8) is 0 Å². The van der Waals surface area contributed by atoms with E-state index in [0.29, 0.717) is 13.0 Å². The smallest absolute Gasteiger partial charge is 0.220 e. The molecule has 1 saturated heterocycles. The van der Waals surface area contributed by atoms with Crippen LogP contribution in [0.4, 0.5) is 0 Å². The van der Waals surface area contributed by atoms with Crippen LogP contribution in [0.5, 0.6) is 0 Å². The van der Waals surface area contributed by atoms with Gasteiger partial charge >= 0.3 is 0 Å². The van der Waals surface area contributed by atoms with Crippen molar-refractivity contribution >= 4 is 18.3 Å². The zero-order chi connectivity index (χ0) is 5.98. The van der Waals surface area contributed by atoms with Gasteiger partial charge in [-0.3, -0.25) is 4.79 Å². The van der Waals surface area contributed by atoms with Crippen LogP contribution in [-0.2, 0) is 4.79 Å². The molecule has 0 aromatic heterocycles. The molecule has 0 bridgehead atoms. The quantitative estimate of drug-likeness (QED) is 0.496. The molecule has 4 heteroatoms. The molecule has 0 saturated carbocycles. The van der Waals surface area contributed by atoms with Crippen LogP contribution in [-0.4, -0.2) is 18.5 Å². The third-order valence-corrected chi connectivity index (χ3v) is 1.30. The highest BCUT2D eigenvalue weighted by molar-refractivity contribution is 5.85. The Morgan fingerprint density at radius 2 is 2.33 bits per heavy atom. The lowest BCUT2D eigenvalue weighted by atomic mass is 10.1. The van der Waals surface area contributed by atoms with Crippen LogP contribution in [0.3, 0.4) is 0 Å². The van der Waals surface area contributed by atoms with Crippen molar-refractivity contribution in [3.8, 4) is 0 Å². The van der Waals surface area contributed by atoms with E-state index in [4.69, 9.17) is 5.73 Å². The number of halogens is 1. The monoisotopic (exact) mass is 150 g/mol. The Morgan fingerprint density at radius 1 is 1.67 bits per heavy atom. The van der Waals surface area contributed by atoms with Crippen molar-refractivity contribution in [1.82, 2.24) is 5.32 Å². The lowest BCUT2D eigenvalue weighted by molar-refractivity contribution is -0.122. The number of nitrogens with two attached hydrogens (primary N) is 1. The highest BCUT2D eigenvalue weighted by atomic mass is 35.5. The van der Waals surface area contributed by atoms with Gasteiger partial charge in [-0.2, -0.15) is 0 Å². The summed E-state index contributed by atoms with van der Waals surface area (Å²) < 4.78 is 0. The predicted molar refractivity (Wildman–Crippen MR) is 37.5 cm³/mol. The van der Waals surface area contributed by atoms with Gasteiger partial charge in [0.15, 0.2) is 0 Å². The van der Waals surface area contributed by atoms with Gasteiger partial charge in [0.1, 0.15) is 0 Å². The first-order valence-electron chi connectivity index (χ1n) is 2.81. The molecule has 3 nitrogen and oxygen atoms in total. The number of rotatable bonds is 0. The van der Waals surface area contributed by atoms with Gasteiger partial charge in [-0.1, -0.05) is 0 Å². The fourth-order valence-electron chi connectivity index (χ4n) is 0.752. The Kier molecular flexibility index (Phi) is 3.58. The van der Waals surface area contributed by atoms with Crippen LogP contribution in [0, 0.1) is 0 Å². The van der Waals surface area contributed by atoms with Gasteiger partial charge in [-0.25, -0.2) is 0 Å². The van der Waals surface area contributed by atoms with Gasteiger partial charge in [0, 0.05) is 19.0 Å². The highest BCUT2D eigenvalue weighted by Crippen LogP contribution is 1.98. The second kappa shape index (κ2) is 3.69. The van der Waals surface area contributed by atoms with Crippen LogP contribution in [0.1, 0.15) is 12.8 Å². The number of nitrogens with one attached hydrogen (secondary N) is 1. The van der Waals surface area contributed by atoms with E-state index in [1.165, 1.54) is 0 Å². The van der Waals surface area contributed by atoms with Crippen LogP contribution < -0.4 is 11.1 Å². The minimum absolute atomic E-state index is 0. The maximum absolute atomic E-state index is 10.4. The second-order valence-electron chi connectivity index (χ2n) is 2.10. The molecule has 0 aromatic rings. The average Bonchev–Trinajstić information content (AvgIpc) is 1.77. The molecule has 3 N–H and O–H groups in total. The molecular formula is C5H11ClN2O. The fourth-order valence-corrected chi connectivity index (χ4v) is 0.752. The SMILES string of the molecule is Cl.N[C@H]1CCC(=O)NC1. The maximum Gasteiger partial charge on any atom is 0.220 e. The zero-order valence-corrected chi connectivity index (χ0v) is 5.91. The third kappa shape index (κ3) is 2.67. The molecule has 0 unspecified atom stereocenters. The summed E-state index contributed by atoms with van der Waals surface area (Å²) in [5.41, 5.74) is 5.48. The van der Waals surface area contributed by atoms with Crippen molar-refractivity contribution in [2.75, 3.05) is 6.54 Å². The number of hydrogen-bond donors (Lipinski definition) is 2. The fraction of sp³-hybridized carbons (Fsp3) is 0.800. The molecule has 1 fully saturated rings. The number of amides is 1. The molecule has 54 valence electrons. The van der Waals surface area contributed by atoms with E-state index in [1.54, 1.807) is 0 Å². The number of hydrogen-bond acceptors (Lipinski definition) is 2. The summed E-state index contributed by atoms with van der Waals surface area (Å²) in [6.45, 7) is 0.652. The molecular weight excluding hydrogens is 140 g/mol. The first-order chi connectivity index (χ1) is 3.79. The molecule has 0 radical (unpaired) electrons. The minimum Gasteiger partial charge on any atom is -0.355 e. The van der Waals surface area contributed by atoms with Crippen LogP contribution in [0.15, 0.2) is 0 Å². The first kappa shape index (κ1) is 8.72. The van der Waals surface area contributed by atoms with Crippen molar-refractivity contribution in [2.24, 2.45) is 5.73 Å². The van der Waals surface area contributed by atoms with Gasteiger partial charge in [-0.15, -0.1) is 12.4 Å². The largest absolute Gasteiger partial charge is 0.355 e. The molecule has 0 aromatic carbocycles. The van der Waals surface area contributed by atoms with E-state index in [9.17, 15) is 4.79 Å². The predicted octanol–water partition coefficient (Wildman–Crippen LogP) is -0.355. The van der Waals surface area contributed by atoms with E-state index in [0.717, 1.165) is 6.42 Å². The van der Waals surface area contributed by atoms with Crippen LogP contribution >= 0.6 is 12.4 Å². The van der Waals surface area contributed by atoms with Crippen molar-refractivity contribution in [2.45, 2.75) is 18.9 Å². The average molecular weight is 151 g/mol. The van der Waals surface area contributed by atoms with E-state index in [1.807, 2.05) is 0 Å². The van der Waals surface area contributed by atoms with Crippen molar-refractivity contribution < 1.29 is 4.79 Å². The Hall–Kier alpha value is -0.280. The summed E-state index contributed by atoms with van der Waals surface area (Å²) in [6.07, 6.45) is 1.44. The molecule has 1 amide bonds. The Morgan fingerprint density at radius 3 is 2.67 bits per heavy atom. The van der Waals surface area contributed by atoms with E-state index >= 15 is 0 Å². The molecule has 0 aliphatic carbocycles. The molecule has 1 aliphatic heterocycles. The van der Waals surface area contributed by atoms with Crippen LogP contribution in [0.2, 0.25) is 0 Å². The molecule has 1 aliphatic rings. The molecule has 1 atom stereocenters. The third-order valence-electron chi connectivity index (χ3n) is 1.30. The lowest BCUT2D eigenvalue weighted by Gasteiger charge is -2.17. The van der Waals surface area contributed by atoms with E-state index in [-0.39, 0.29) is 24.4 Å². The van der Waals surface area contributed by atoms with Gasteiger partial charge in [0.2, 0.25) is 5.91 Å². The van der Waals surface area contributed by atoms with Gasteiger partial charge in [0.05, 0.1) is 0 Å².